The predicted molar refractivity (Wildman–Crippen MR) is 76.9 cm³/mol. The van der Waals surface area contributed by atoms with Gasteiger partial charge in [-0.3, -0.25) is 0 Å². The van der Waals surface area contributed by atoms with Crippen LogP contribution < -0.4 is 5.32 Å². The number of rotatable bonds is 7. The summed E-state index contributed by atoms with van der Waals surface area (Å²) in [4.78, 5) is 9.06. The lowest BCUT2D eigenvalue weighted by Gasteiger charge is -2.24. The lowest BCUT2D eigenvalue weighted by atomic mass is 9.95. The monoisotopic (exact) mass is 249 g/mol. The summed E-state index contributed by atoms with van der Waals surface area (Å²) in [6.07, 6.45) is 3.28. The van der Waals surface area contributed by atoms with Crippen molar-refractivity contribution in [1.29, 1.82) is 0 Å². The summed E-state index contributed by atoms with van der Waals surface area (Å²) in [6, 6.07) is 2.66. The molecule has 0 radical (unpaired) electrons. The van der Waals surface area contributed by atoms with Gasteiger partial charge in [0.15, 0.2) is 0 Å². The molecule has 1 N–H and O–H groups in total. The molecule has 102 valence electrons. The first-order valence-corrected chi connectivity index (χ1v) is 7.20. The maximum Gasteiger partial charge on any atom is 0.125 e. The molecule has 0 amide bonds. The average molecular weight is 249 g/mol. The van der Waals surface area contributed by atoms with Crippen molar-refractivity contribution in [2.75, 3.05) is 6.54 Å². The van der Waals surface area contributed by atoms with Crippen LogP contribution in [0.3, 0.4) is 0 Å². The van der Waals surface area contributed by atoms with E-state index in [1.165, 1.54) is 12.1 Å². The van der Waals surface area contributed by atoms with Gasteiger partial charge < -0.3 is 5.32 Å². The Morgan fingerprint density at radius 1 is 1.22 bits per heavy atom. The van der Waals surface area contributed by atoms with Crippen LogP contribution >= 0.6 is 0 Å². The van der Waals surface area contributed by atoms with Crippen molar-refractivity contribution in [3.63, 3.8) is 0 Å². The molecule has 0 aromatic carbocycles. The van der Waals surface area contributed by atoms with Crippen LogP contribution in [-0.4, -0.2) is 22.6 Å². The highest BCUT2D eigenvalue weighted by molar-refractivity contribution is 5.16. The third-order valence-electron chi connectivity index (χ3n) is 3.44. The Morgan fingerprint density at radius 2 is 1.94 bits per heavy atom. The smallest absolute Gasteiger partial charge is 0.125 e. The van der Waals surface area contributed by atoms with Crippen molar-refractivity contribution in [2.45, 2.75) is 65.8 Å². The Balaban J connectivity index is 2.86. The number of hydrogen-bond donors (Lipinski definition) is 1. The topological polar surface area (TPSA) is 37.8 Å². The van der Waals surface area contributed by atoms with Crippen LogP contribution in [0.15, 0.2) is 6.07 Å². The van der Waals surface area contributed by atoms with E-state index in [4.69, 9.17) is 0 Å². The van der Waals surface area contributed by atoms with Crippen molar-refractivity contribution in [3.8, 4) is 0 Å². The molecule has 1 rings (SSSR count). The molecule has 1 aromatic rings. The second-order valence-electron chi connectivity index (χ2n) is 4.94. The first-order chi connectivity index (χ1) is 8.62. The largest absolute Gasteiger partial charge is 0.313 e. The number of aromatic nitrogens is 2. The Kier molecular flexibility index (Phi) is 6.27. The number of nitrogens with one attached hydrogen (secondary N) is 1. The van der Waals surface area contributed by atoms with Gasteiger partial charge in [-0.05, 0) is 38.8 Å². The third kappa shape index (κ3) is 4.05. The zero-order valence-electron chi connectivity index (χ0n) is 12.5. The van der Waals surface area contributed by atoms with Gasteiger partial charge in [0, 0.05) is 23.3 Å². The van der Waals surface area contributed by atoms with Crippen LogP contribution in [0, 0.1) is 6.92 Å². The summed E-state index contributed by atoms with van der Waals surface area (Å²) in [5, 5.41) is 3.61. The molecule has 0 aliphatic rings. The van der Waals surface area contributed by atoms with Crippen molar-refractivity contribution in [2.24, 2.45) is 0 Å². The van der Waals surface area contributed by atoms with Crippen LogP contribution in [0.5, 0.6) is 0 Å². The predicted octanol–water partition coefficient (Wildman–Crippen LogP) is 3.23. The molecule has 0 bridgehead atoms. The maximum absolute atomic E-state index is 4.61. The summed E-state index contributed by atoms with van der Waals surface area (Å²) in [7, 11) is 0. The van der Waals surface area contributed by atoms with Crippen LogP contribution in [0.1, 0.15) is 63.7 Å². The van der Waals surface area contributed by atoms with E-state index in [9.17, 15) is 0 Å². The molecule has 2 unspecified atom stereocenters. The van der Waals surface area contributed by atoms with E-state index >= 15 is 0 Å². The zero-order valence-corrected chi connectivity index (χ0v) is 12.5. The molecule has 0 aliphatic heterocycles. The fourth-order valence-corrected chi connectivity index (χ4v) is 2.28. The van der Waals surface area contributed by atoms with Crippen LogP contribution in [0.4, 0.5) is 0 Å². The molecular formula is C15H27N3. The normalized spacial score (nSPS) is 14.5. The Bertz CT molecular complexity index is 363. The van der Waals surface area contributed by atoms with Crippen molar-refractivity contribution >= 4 is 0 Å². The second-order valence-corrected chi connectivity index (χ2v) is 4.94. The van der Waals surface area contributed by atoms with E-state index in [2.05, 4.69) is 49.0 Å². The standard InChI is InChI=1S/C15H27N3/c1-6-9-16-14(8-3)11(4)15-10-13(7-2)17-12(5)18-15/h10-11,14,16H,6-9H2,1-5H3. The van der Waals surface area contributed by atoms with Crippen LogP contribution in [0.2, 0.25) is 0 Å². The van der Waals surface area contributed by atoms with Crippen molar-refractivity contribution < 1.29 is 0 Å². The minimum Gasteiger partial charge on any atom is -0.313 e. The highest BCUT2D eigenvalue weighted by Crippen LogP contribution is 2.20. The van der Waals surface area contributed by atoms with Gasteiger partial charge in [0.1, 0.15) is 5.82 Å². The molecule has 0 spiro atoms. The Hall–Kier alpha value is -0.960. The molecule has 0 fully saturated rings. The third-order valence-corrected chi connectivity index (χ3v) is 3.44. The molecule has 0 saturated carbocycles. The number of nitrogens with zero attached hydrogens (tertiary/aromatic N) is 2. The molecule has 18 heavy (non-hydrogen) atoms. The average Bonchev–Trinajstić information content (AvgIpc) is 2.38. The fourth-order valence-electron chi connectivity index (χ4n) is 2.28. The minimum atomic E-state index is 0.438. The summed E-state index contributed by atoms with van der Waals surface area (Å²) in [5.41, 5.74) is 2.32. The quantitative estimate of drug-likeness (QED) is 0.806. The van der Waals surface area contributed by atoms with Crippen LogP contribution in [0.25, 0.3) is 0 Å². The minimum absolute atomic E-state index is 0.438. The van der Waals surface area contributed by atoms with E-state index in [1.54, 1.807) is 0 Å². The van der Waals surface area contributed by atoms with Crippen molar-refractivity contribution in [3.05, 3.63) is 23.3 Å². The van der Waals surface area contributed by atoms with E-state index in [1.807, 2.05) is 6.92 Å². The van der Waals surface area contributed by atoms with Gasteiger partial charge in [0.25, 0.3) is 0 Å². The summed E-state index contributed by atoms with van der Waals surface area (Å²) < 4.78 is 0. The van der Waals surface area contributed by atoms with E-state index in [0.717, 1.165) is 30.9 Å². The van der Waals surface area contributed by atoms with Gasteiger partial charge in [0.2, 0.25) is 0 Å². The summed E-state index contributed by atoms with van der Waals surface area (Å²) >= 11 is 0. The van der Waals surface area contributed by atoms with E-state index < -0.39 is 0 Å². The van der Waals surface area contributed by atoms with Gasteiger partial charge in [-0.2, -0.15) is 0 Å². The second kappa shape index (κ2) is 7.47. The zero-order chi connectivity index (χ0) is 13.5. The van der Waals surface area contributed by atoms with Gasteiger partial charge in [-0.1, -0.05) is 27.7 Å². The molecular weight excluding hydrogens is 222 g/mol. The Morgan fingerprint density at radius 3 is 2.50 bits per heavy atom. The molecule has 3 heteroatoms. The molecule has 0 saturated heterocycles. The first kappa shape index (κ1) is 15.1. The first-order valence-electron chi connectivity index (χ1n) is 7.20. The number of aryl methyl sites for hydroxylation is 2. The molecule has 1 heterocycles. The van der Waals surface area contributed by atoms with E-state index in [-0.39, 0.29) is 0 Å². The van der Waals surface area contributed by atoms with Gasteiger partial charge >= 0.3 is 0 Å². The van der Waals surface area contributed by atoms with Crippen LogP contribution in [-0.2, 0) is 6.42 Å². The lowest BCUT2D eigenvalue weighted by molar-refractivity contribution is 0.431. The molecule has 1 aromatic heterocycles. The summed E-state index contributed by atoms with van der Waals surface area (Å²) in [6.45, 7) is 11.9. The highest BCUT2D eigenvalue weighted by Gasteiger charge is 2.18. The van der Waals surface area contributed by atoms with Gasteiger partial charge in [-0.15, -0.1) is 0 Å². The van der Waals surface area contributed by atoms with Gasteiger partial charge in [-0.25, -0.2) is 9.97 Å². The van der Waals surface area contributed by atoms with Gasteiger partial charge in [0.05, 0.1) is 0 Å². The fraction of sp³-hybridized carbons (Fsp3) is 0.733. The van der Waals surface area contributed by atoms with Crippen molar-refractivity contribution in [1.82, 2.24) is 15.3 Å². The summed E-state index contributed by atoms with van der Waals surface area (Å²) in [5.74, 6) is 1.33. The SMILES string of the molecule is CCCNC(CC)C(C)c1cc(CC)nc(C)n1. The van der Waals surface area contributed by atoms with E-state index in [0.29, 0.717) is 12.0 Å². The number of hydrogen-bond acceptors (Lipinski definition) is 3. The maximum atomic E-state index is 4.61. The Labute approximate surface area is 111 Å². The molecule has 0 aliphatic carbocycles. The lowest BCUT2D eigenvalue weighted by Crippen LogP contribution is -2.34. The molecule has 3 nitrogen and oxygen atoms in total. The highest BCUT2D eigenvalue weighted by atomic mass is 14.9. The molecule has 2 atom stereocenters.